The number of imidazole rings is 1. The minimum absolute atomic E-state index is 0.199. The van der Waals surface area contributed by atoms with Crippen molar-refractivity contribution < 1.29 is 0 Å². The summed E-state index contributed by atoms with van der Waals surface area (Å²) in [6.07, 6.45) is 0.921. The van der Waals surface area contributed by atoms with Crippen LogP contribution in [0.5, 0.6) is 0 Å². The van der Waals surface area contributed by atoms with Crippen molar-refractivity contribution in [2.45, 2.75) is 39.8 Å². The van der Waals surface area contributed by atoms with Gasteiger partial charge in [0.2, 0.25) is 5.95 Å². The molecule has 3 rings (SSSR count). The molecule has 2 heterocycles. The number of aromatic nitrogens is 4. The zero-order chi connectivity index (χ0) is 19.0. The van der Waals surface area contributed by atoms with Crippen LogP contribution in [-0.4, -0.2) is 24.7 Å². The molecule has 0 saturated heterocycles. The second-order valence-corrected chi connectivity index (χ2v) is 6.84. The van der Waals surface area contributed by atoms with Gasteiger partial charge in [-0.3, -0.25) is 18.5 Å². The maximum atomic E-state index is 12.8. The second kappa shape index (κ2) is 6.82. The first-order chi connectivity index (χ1) is 12.3. The van der Waals surface area contributed by atoms with E-state index in [1.807, 2.05) is 35.8 Å². The summed E-state index contributed by atoms with van der Waals surface area (Å²) in [6.45, 7) is 6.69. The minimum atomic E-state index is -0.377. The van der Waals surface area contributed by atoms with Gasteiger partial charge in [0, 0.05) is 20.1 Å². The lowest BCUT2D eigenvalue weighted by molar-refractivity contribution is 0.701. The zero-order valence-electron chi connectivity index (χ0n) is 15.9. The molecule has 0 aliphatic heterocycles. The molecule has 0 aliphatic rings. The summed E-state index contributed by atoms with van der Waals surface area (Å²) in [6, 6.07) is 8.37. The number of anilines is 1. The van der Waals surface area contributed by atoms with Crippen molar-refractivity contribution in [3.63, 3.8) is 0 Å². The molecule has 0 fully saturated rings. The Balaban J connectivity index is 2.25. The van der Waals surface area contributed by atoms with Gasteiger partial charge in [0.05, 0.1) is 6.54 Å². The highest BCUT2D eigenvalue weighted by Gasteiger charge is 2.20. The number of nitrogens with one attached hydrogen (secondary N) is 1. The van der Waals surface area contributed by atoms with Crippen LogP contribution < -0.4 is 16.6 Å². The van der Waals surface area contributed by atoms with E-state index >= 15 is 0 Å². The number of benzene rings is 1. The smallest absolute Gasteiger partial charge is 0.332 e. The Morgan fingerprint density at radius 3 is 2.38 bits per heavy atom. The number of nitrogens with zero attached hydrogens (tertiary/aromatic N) is 4. The van der Waals surface area contributed by atoms with E-state index in [4.69, 9.17) is 0 Å². The normalized spacial score (nSPS) is 12.5. The van der Waals surface area contributed by atoms with Gasteiger partial charge in [0.15, 0.2) is 11.2 Å². The van der Waals surface area contributed by atoms with Gasteiger partial charge in [-0.1, -0.05) is 36.8 Å². The molecule has 2 aromatic heterocycles. The Labute approximate surface area is 151 Å². The van der Waals surface area contributed by atoms with E-state index in [2.05, 4.69) is 24.1 Å². The SMILES string of the molecule is CCC(C)Nc1nc2c(c(=O)n(C)c(=O)n2C)n1Cc1ccc(C)cc1. The van der Waals surface area contributed by atoms with Gasteiger partial charge in [-0.25, -0.2) is 4.79 Å². The summed E-state index contributed by atoms with van der Waals surface area (Å²) in [4.78, 5) is 29.6. The van der Waals surface area contributed by atoms with Crippen LogP contribution in [0.15, 0.2) is 33.9 Å². The predicted octanol–water partition coefficient (Wildman–Crippen LogP) is 2.00. The maximum Gasteiger partial charge on any atom is 0.332 e. The van der Waals surface area contributed by atoms with E-state index in [0.717, 1.165) is 16.6 Å². The van der Waals surface area contributed by atoms with Crippen molar-refractivity contribution in [1.82, 2.24) is 18.7 Å². The Bertz CT molecular complexity index is 1060. The van der Waals surface area contributed by atoms with Crippen molar-refractivity contribution in [2.24, 2.45) is 14.1 Å². The molecule has 7 heteroatoms. The molecule has 0 saturated carbocycles. The minimum Gasteiger partial charge on any atom is -0.353 e. The van der Waals surface area contributed by atoms with E-state index in [1.54, 1.807) is 7.05 Å². The summed E-state index contributed by atoms with van der Waals surface area (Å²) >= 11 is 0. The highest BCUT2D eigenvalue weighted by Crippen LogP contribution is 2.19. The summed E-state index contributed by atoms with van der Waals surface area (Å²) in [5.41, 5.74) is 2.37. The lowest BCUT2D eigenvalue weighted by Gasteiger charge is -2.15. The fraction of sp³-hybridized carbons (Fsp3) is 0.421. The maximum absolute atomic E-state index is 12.8. The van der Waals surface area contributed by atoms with Crippen molar-refractivity contribution in [1.29, 1.82) is 0 Å². The van der Waals surface area contributed by atoms with E-state index in [-0.39, 0.29) is 17.3 Å². The first kappa shape index (κ1) is 18.0. The van der Waals surface area contributed by atoms with Crippen molar-refractivity contribution >= 4 is 17.1 Å². The van der Waals surface area contributed by atoms with Crippen molar-refractivity contribution in [2.75, 3.05) is 5.32 Å². The van der Waals surface area contributed by atoms with Crippen LogP contribution >= 0.6 is 0 Å². The molecule has 3 aromatic rings. The molecule has 7 nitrogen and oxygen atoms in total. The van der Waals surface area contributed by atoms with Gasteiger partial charge in [-0.2, -0.15) is 4.98 Å². The molecule has 1 unspecified atom stereocenters. The van der Waals surface area contributed by atoms with Crippen LogP contribution in [0.1, 0.15) is 31.4 Å². The largest absolute Gasteiger partial charge is 0.353 e. The molecule has 1 atom stereocenters. The Morgan fingerprint density at radius 1 is 1.12 bits per heavy atom. The summed E-state index contributed by atoms with van der Waals surface area (Å²) in [5, 5.41) is 3.36. The van der Waals surface area contributed by atoms with Gasteiger partial charge in [-0.05, 0) is 25.8 Å². The summed E-state index contributed by atoms with van der Waals surface area (Å²) < 4.78 is 4.42. The standard InChI is InChI=1S/C19H25N5O2/c1-6-13(3)20-18-21-16-15(17(25)23(5)19(26)22(16)4)24(18)11-14-9-7-12(2)8-10-14/h7-10,13H,6,11H2,1-5H3,(H,20,21). The van der Waals surface area contributed by atoms with Crippen molar-refractivity contribution in [3.05, 3.63) is 56.2 Å². The number of hydrogen-bond acceptors (Lipinski definition) is 4. The van der Waals surface area contributed by atoms with Crippen LogP contribution in [0.4, 0.5) is 5.95 Å². The average molecular weight is 355 g/mol. The van der Waals surface area contributed by atoms with E-state index < -0.39 is 0 Å². The Morgan fingerprint density at radius 2 is 1.77 bits per heavy atom. The number of hydrogen-bond donors (Lipinski definition) is 1. The molecule has 1 N–H and O–H groups in total. The van der Waals surface area contributed by atoms with Gasteiger partial charge in [0.1, 0.15) is 0 Å². The number of rotatable bonds is 5. The Hall–Kier alpha value is -2.83. The molecule has 0 amide bonds. The third kappa shape index (κ3) is 3.05. The van der Waals surface area contributed by atoms with Crippen molar-refractivity contribution in [3.8, 4) is 0 Å². The van der Waals surface area contributed by atoms with E-state index in [0.29, 0.717) is 23.7 Å². The zero-order valence-corrected chi connectivity index (χ0v) is 15.9. The van der Waals surface area contributed by atoms with Gasteiger partial charge in [0.25, 0.3) is 5.56 Å². The topological polar surface area (TPSA) is 73.8 Å². The number of fused-ring (bicyclic) bond motifs is 1. The molecule has 0 radical (unpaired) electrons. The Kier molecular flexibility index (Phi) is 4.71. The summed E-state index contributed by atoms with van der Waals surface area (Å²) in [7, 11) is 3.13. The summed E-state index contributed by atoms with van der Waals surface area (Å²) in [5.74, 6) is 0.605. The third-order valence-electron chi connectivity index (χ3n) is 4.80. The average Bonchev–Trinajstić information content (AvgIpc) is 2.98. The highest BCUT2D eigenvalue weighted by molar-refractivity contribution is 5.74. The fourth-order valence-corrected chi connectivity index (χ4v) is 2.91. The molecule has 138 valence electrons. The fourth-order valence-electron chi connectivity index (χ4n) is 2.91. The lowest BCUT2D eigenvalue weighted by Crippen LogP contribution is -2.37. The molecule has 0 aliphatic carbocycles. The lowest BCUT2D eigenvalue weighted by atomic mass is 10.1. The molecule has 0 bridgehead atoms. The van der Waals surface area contributed by atoms with Crippen LogP contribution in [0, 0.1) is 6.92 Å². The van der Waals surface area contributed by atoms with Crippen LogP contribution in [-0.2, 0) is 20.6 Å². The van der Waals surface area contributed by atoms with Crippen LogP contribution in [0.2, 0.25) is 0 Å². The molecule has 0 spiro atoms. The van der Waals surface area contributed by atoms with Gasteiger partial charge >= 0.3 is 5.69 Å². The molecule has 1 aromatic carbocycles. The van der Waals surface area contributed by atoms with Gasteiger partial charge in [-0.15, -0.1) is 0 Å². The third-order valence-corrected chi connectivity index (χ3v) is 4.80. The van der Waals surface area contributed by atoms with Gasteiger partial charge < -0.3 is 5.32 Å². The predicted molar refractivity (Wildman–Crippen MR) is 104 cm³/mol. The second-order valence-electron chi connectivity index (χ2n) is 6.84. The van der Waals surface area contributed by atoms with Crippen LogP contribution in [0.25, 0.3) is 11.2 Å². The van der Waals surface area contributed by atoms with Crippen LogP contribution in [0.3, 0.4) is 0 Å². The van der Waals surface area contributed by atoms with E-state index in [1.165, 1.54) is 17.2 Å². The highest BCUT2D eigenvalue weighted by atomic mass is 16.2. The molecular weight excluding hydrogens is 330 g/mol. The monoisotopic (exact) mass is 355 g/mol. The first-order valence-electron chi connectivity index (χ1n) is 8.81. The first-order valence-corrected chi connectivity index (χ1v) is 8.81. The molecular formula is C19H25N5O2. The molecule has 26 heavy (non-hydrogen) atoms. The quantitative estimate of drug-likeness (QED) is 0.760. The van der Waals surface area contributed by atoms with E-state index in [9.17, 15) is 9.59 Å². The number of aryl methyl sites for hydroxylation is 2.